The fourth-order valence-corrected chi connectivity index (χ4v) is 14.6. The molecule has 9 rings (SSSR count). The van der Waals surface area contributed by atoms with E-state index in [0.717, 1.165) is 0 Å². The first-order valence-electron chi connectivity index (χ1n) is 17.4. The van der Waals surface area contributed by atoms with Crippen LogP contribution in [0.3, 0.4) is 0 Å². The van der Waals surface area contributed by atoms with Crippen LogP contribution in [-0.4, -0.2) is 16.1 Å². The summed E-state index contributed by atoms with van der Waals surface area (Å²) in [5.41, 5.74) is 14.2. The maximum absolute atomic E-state index is 2.52. The Balaban J connectivity index is 1.19. The van der Waals surface area contributed by atoms with Crippen LogP contribution in [-0.2, 0) is 0 Å². The molecule has 0 radical (unpaired) electrons. The van der Waals surface area contributed by atoms with Crippen molar-refractivity contribution in [1.82, 2.24) is 0 Å². The molecule has 2 heterocycles. The molecule has 0 saturated heterocycles. The standard InChI is InChI=1S/C46H39NSi2/c1-48(2)43-18-12-11-17-39(43)42-30-37(25-28-44(42)48)47(36-22-19-34(20-23-36)32-13-7-5-8-14-32)38-24-27-41-40-26-21-35(33-15-9-6-10-16-33)29-45(40)49(3,4)46(41)31-38/h5-31H,1-4H3. The van der Waals surface area contributed by atoms with Gasteiger partial charge in [-0.05, 0) is 102 Å². The minimum absolute atomic E-state index is 1.17. The Kier molecular flexibility index (Phi) is 6.81. The average Bonchev–Trinajstić information content (AvgIpc) is 3.51. The molecule has 7 aromatic rings. The van der Waals surface area contributed by atoms with Crippen molar-refractivity contribution in [2.24, 2.45) is 0 Å². The normalized spacial score (nSPS) is 14.4. The lowest BCUT2D eigenvalue weighted by atomic mass is 10.00. The predicted molar refractivity (Wildman–Crippen MR) is 216 cm³/mol. The molecular weight excluding hydrogens is 623 g/mol. The number of rotatable bonds is 5. The third-order valence-corrected chi connectivity index (χ3v) is 18.2. The van der Waals surface area contributed by atoms with Crippen molar-refractivity contribution >= 4 is 54.0 Å². The summed E-state index contributed by atoms with van der Waals surface area (Å²) in [6.07, 6.45) is 0. The molecule has 2 aliphatic heterocycles. The van der Waals surface area contributed by atoms with Gasteiger partial charge in [-0.2, -0.15) is 0 Å². The van der Waals surface area contributed by atoms with E-state index in [-0.39, 0.29) is 0 Å². The molecule has 49 heavy (non-hydrogen) atoms. The van der Waals surface area contributed by atoms with Crippen LogP contribution < -0.4 is 25.6 Å². The molecule has 2 aliphatic rings. The lowest BCUT2D eigenvalue weighted by molar-refractivity contribution is 1.29. The second kappa shape index (κ2) is 11.2. The highest BCUT2D eigenvalue weighted by atomic mass is 28.3. The number of benzene rings is 7. The molecule has 0 aliphatic carbocycles. The van der Waals surface area contributed by atoms with Crippen LogP contribution in [0.5, 0.6) is 0 Å². The molecule has 0 atom stereocenters. The highest BCUT2D eigenvalue weighted by Gasteiger charge is 2.39. The number of nitrogens with zero attached hydrogens (tertiary/aromatic N) is 1. The van der Waals surface area contributed by atoms with E-state index in [4.69, 9.17) is 0 Å². The smallest absolute Gasteiger partial charge is 0.113 e. The summed E-state index contributed by atoms with van der Waals surface area (Å²) in [6.45, 7) is 10.0. The lowest BCUT2D eigenvalue weighted by Crippen LogP contribution is -2.49. The van der Waals surface area contributed by atoms with E-state index in [9.17, 15) is 0 Å². The zero-order valence-corrected chi connectivity index (χ0v) is 30.5. The fourth-order valence-electron chi connectivity index (χ4n) is 8.40. The molecule has 0 saturated carbocycles. The van der Waals surface area contributed by atoms with E-state index in [0.29, 0.717) is 0 Å². The Morgan fingerprint density at radius 1 is 0.306 bits per heavy atom. The number of hydrogen-bond donors (Lipinski definition) is 0. The Morgan fingerprint density at radius 3 is 1.47 bits per heavy atom. The predicted octanol–water partition coefficient (Wildman–Crippen LogP) is 10.1. The molecule has 0 unspecified atom stereocenters. The summed E-state index contributed by atoms with van der Waals surface area (Å²) in [5.74, 6) is 0. The summed E-state index contributed by atoms with van der Waals surface area (Å²) in [5, 5.41) is 6.11. The van der Waals surface area contributed by atoms with Crippen molar-refractivity contribution in [3.05, 3.63) is 164 Å². The second-order valence-corrected chi connectivity index (χ2v) is 23.3. The SMILES string of the molecule is C[Si]1(C)c2ccccc2-c2cc(N(c3ccc(-c4ccccc4)cc3)c3ccc4c(c3)[Si](C)(C)c3cc(-c5ccccc5)ccc3-4)ccc21. The topological polar surface area (TPSA) is 3.24 Å². The van der Waals surface area contributed by atoms with Crippen molar-refractivity contribution in [3.63, 3.8) is 0 Å². The van der Waals surface area contributed by atoms with Crippen LogP contribution in [0.2, 0.25) is 26.2 Å². The molecule has 0 fully saturated rings. The van der Waals surface area contributed by atoms with Crippen molar-refractivity contribution < 1.29 is 0 Å². The van der Waals surface area contributed by atoms with E-state index in [1.807, 2.05) is 0 Å². The summed E-state index contributed by atoms with van der Waals surface area (Å²) < 4.78 is 0. The van der Waals surface area contributed by atoms with Crippen LogP contribution in [0.4, 0.5) is 17.1 Å². The zero-order valence-electron chi connectivity index (χ0n) is 28.5. The van der Waals surface area contributed by atoms with Gasteiger partial charge >= 0.3 is 0 Å². The summed E-state index contributed by atoms with van der Waals surface area (Å²) in [7, 11) is -3.74. The Labute approximate surface area is 292 Å². The maximum Gasteiger partial charge on any atom is 0.113 e. The summed E-state index contributed by atoms with van der Waals surface area (Å²) >= 11 is 0. The first kappa shape index (κ1) is 29.9. The van der Waals surface area contributed by atoms with Gasteiger partial charge in [-0.1, -0.05) is 154 Å². The molecule has 0 aromatic heterocycles. The van der Waals surface area contributed by atoms with E-state index < -0.39 is 16.1 Å². The Bertz CT molecular complexity index is 2370. The van der Waals surface area contributed by atoms with E-state index >= 15 is 0 Å². The van der Waals surface area contributed by atoms with Crippen LogP contribution >= 0.6 is 0 Å². The van der Waals surface area contributed by atoms with Crippen molar-refractivity contribution in [2.45, 2.75) is 26.2 Å². The molecular formula is C46H39NSi2. The van der Waals surface area contributed by atoms with Crippen molar-refractivity contribution in [1.29, 1.82) is 0 Å². The third kappa shape index (κ3) is 4.72. The molecule has 1 nitrogen and oxygen atoms in total. The third-order valence-electron chi connectivity index (χ3n) is 11.1. The van der Waals surface area contributed by atoms with Crippen molar-refractivity contribution in [2.75, 3.05) is 4.90 Å². The Morgan fingerprint density at radius 2 is 0.755 bits per heavy atom. The summed E-state index contributed by atoms with van der Waals surface area (Å²) in [4.78, 5) is 2.48. The van der Waals surface area contributed by atoms with Gasteiger partial charge in [0.2, 0.25) is 0 Å². The molecule has 0 N–H and O–H groups in total. The molecule has 0 bridgehead atoms. The van der Waals surface area contributed by atoms with Crippen molar-refractivity contribution in [3.8, 4) is 44.5 Å². The van der Waals surface area contributed by atoms with Crippen LogP contribution in [0.1, 0.15) is 0 Å². The molecule has 0 amide bonds. The first-order valence-corrected chi connectivity index (χ1v) is 23.4. The van der Waals surface area contributed by atoms with Gasteiger partial charge < -0.3 is 4.90 Å². The van der Waals surface area contributed by atoms with Gasteiger partial charge in [0.1, 0.15) is 16.1 Å². The van der Waals surface area contributed by atoms with Gasteiger partial charge in [0, 0.05) is 17.1 Å². The Hall–Kier alpha value is -5.23. The number of fused-ring (bicyclic) bond motifs is 6. The second-order valence-electron chi connectivity index (χ2n) is 14.6. The van der Waals surface area contributed by atoms with Gasteiger partial charge in [0.25, 0.3) is 0 Å². The van der Waals surface area contributed by atoms with Gasteiger partial charge in [0.15, 0.2) is 0 Å². The fraction of sp³-hybridized carbons (Fsp3) is 0.0870. The quantitative estimate of drug-likeness (QED) is 0.166. The lowest BCUT2D eigenvalue weighted by Gasteiger charge is -2.28. The number of anilines is 3. The highest BCUT2D eigenvalue weighted by molar-refractivity contribution is 7.04. The molecule has 3 heteroatoms. The van der Waals surface area contributed by atoms with E-state index in [2.05, 4.69) is 195 Å². The molecule has 236 valence electrons. The minimum Gasteiger partial charge on any atom is -0.310 e. The largest absolute Gasteiger partial charge is 0.310 e. The highest BCUT2D eigenvalue weighted by Crippen LogP contribution is 2.41. The van der Waals surface area contributed by atoms with Crippen LogP contribution in [0.15, 0.2) is 164 Å². The zero-order chi connectivity index (χ0) is 33.3. The average molecular weight is 662 g/mol. The van der Waals surface area contributed by atoms with Crippen LogP contribution in [0.25, 0.3) is 44.5 Å². The molecule has 0 spiro atoms. The first-order chi connectivity index (χ1) is 23.8. The minimum atomic E-state index is -1.98. The van der Waals surface area contributed by atoms with Gasteiger partial charge in [-0.3, -0.25) is 0 Å². The summed E-state index contributed by atoms with van der Waals surface area (Å²) in [6, 6.07) is 61.3. The van der Waals surface area contributed by atoms with Gasteiger partial charge in [-0.15, -0.1) is 0 Å². The van der Waals surface area contributed by atoms with Gasteiger partial charge in [-0.25, -0.2) is 0 Å². The monoisotopic (exact) mass is 661 g/mol. The number of hydrogen-bond acceptors (Lipinski definition) is 1. The van der Waals surface area contributed by atoms with E-state index in [1.165, 1.54) is 77.1 Å². The molecule has 7 aromatic carbocycles. The maximum atomic E-state index is 2.52. The van der Waals surface area contributed by atoms with Gasteiger partial charge in [0.05, 0.1) is 0 Å². The van der Waals surface area contributed by atoms with Crippen LogP contribution in [0, 0.1) is 0 Å². The van der Waals surface area contributed by atoms with E-state index in [1.54, 1.807) is 5.19 Å².